The van der Waals surface area contributed by atoms with E-state index in [4.69, 9.17) is 0 Å². The van der Waals surface area contributed by atoms with E-state index in [1.807, 2.05) is 35.0 Å². The largest absolute Gasteiger partial charge is 0.391 e. The highest BCUT2D eigenvalue weighted by Gasteiger charge is 2.37. The topological polar surface area (TPSA) is 99.4 Å². The molecule has 0 aromatic carbocycles. The van der Waals surface area contributed by atoms with E-state index in [0.29, 0.717) is 25.6 Å². The molecule has 1 aliphatic carbocycles. The number of aromatic nitrogens is 4. The molecule has 1 aliphatic heterocycles. The van der Waals surface area contributed by atoms with Crippen molar-refractivity contribution in [2.75, 3.05) is 36.5 Å². The van der Waals surface area contributed by atoms with Crippen LogP contribution in [0.5, 0.6) is 0 Å². The Kier molecular flexibility index (Phi) is 5.66. The van der Waals surface area contributed by atoms with E-state index in [2.05, 4.69) is 32.2 Å². The van der Waals surface area contributed by atoms with Crippen molar-refractivity contribution in [1.82, 2.24) is 25.1 Å². The highest BCUT2D eigenvalue weighted by molar-refractivity contribution is 5.79. The summed E-state index contributed by atoms with van der Waals surface area (Å²) in [6, 6.07) is 4.19. The summed E-state index contributed by atoms with van der Waals surface area (Å²) in [5.41, 5.74) is 0. The molecular formula is C20H29N7O2. The summed E-state index contributed by atoms with van der Waals surface area (Å²) in [4.78, 5) is 25.4. The number of anilines is 2. The second-order valence-electron chi connectivity index (χ2n) is 8.00. The minimum absolute atomic E-state index is 0.0191. The van der Waals surface area contributed by atoms with Gasteiger partial charge in [0.2, 0.25) is 5.91 Å². The number of nitrogens with zero attached hydrogens (tertiary/aromatic N) is 6. The van der Waals surface area contributed by atoms with Crippen molar-refractivity contribution >= 4 is 17.5 Å². The van der Waals surface area contributed by atoms with Crippen LogP contribution in [-0.4, -0.2) is 69.6 Å². The first-order chi connectivity index (χ1) is 14.0. The van der Waals surface area contributed by atoms with E-state index in [1.54, 1.807) is 12.5 Å². The van der Waals surface area contributed by atoms with E-state index in [9.17, 15) is 9.90 Å². The number of aliphatic hydroxyl groups excluding tert-OH is 1. The zero-order valence-corrected chi connectivity index (χ0v) is 17.0. The second-order valence-corrected chi connectivity index (χ2v) is 8.00. The summed E-state index contributed by atoms with van der Waals surface area (Å²) < 4.78 is 1.93. The van der Waals surface area contributed by atoms with Gasteiger partial charge in [-0.25, -0.2) is 9.97 Å². The maximum absolute atomic E-state index is 12.6. The Morgan fingerprint density at radius 3 is 2.90 bits per heavy atom. The van der Waals surface area contributed by atoms with Crippen molar-refractivity contribution < 1.29 is 9.90 Å². The lowest BCUT2D eigenvalue weighted by Crippen LogP contribution is -2.45. The lowest BCUT2D eigenvalue weighted by Gasteiger charge is -2.35. The van der Waals surface area contributed by atoms with Crippen LogP contribution < -0.4 is 15.1 Å². The van der Waals surface area contributed by atoms with Gasteiger partial charge in [-0.2, -0.15) is 5.10 Å². The standard InChI is InChI=1S/C20H29N7O2/c1-3-25(2)18-10-19(23-13-22-18)26-12-17(28)9-16(26)11-21-20(29)14-7-15(8-14)27-6-4-5-24-27/h4-6,10,13-17,28H,3,7-9,11-12H2,1-2H3,(H,21,29)/t14?,15?,16-,17-/m1/s1. The van der Waals surface area contributed by atoms with Gasteiger partial charge in [0, 0.05) is 51.1 Å². The van der Waals surface area contributed by atoms with Gasteiger partial charge in [-0.05, 0) is 32.3 Å². The molecule has 2 atom stereocenters. The van der Waals surface area contributed by atoms with Gasteiger partial charge in [0.25, 0.3) is 0 Å². The van der Waals surface area contributed by atoms with E-state index in [1.165, 1.54) is 0 Å². The zero-order valence-electron chi connectivity index (χ0n) is 17.0. The molecule has 2 N–H and O–H groups in total. The fourth-order valence-corrected chi connectivity index (χ4v) is 4.11. The van der Waals surface area contributed by atoms with Gasteiger partial charge in [-0.3, -0.25) is 9.48 Å². The Bertz CT molecular complexity index is 822. The maximum atomic E-state index is 12.6. The smallest absolute Gasteiger partial charge is 0.223 e. The lowest BCUT2D eigenvalue weighted by atomic mass is 9.79. The summed E-state index contributed by atoms with van der Waals surface area (Å²) in [7, 11) is 1.98. The van der Waals surface area contributed by atoms with Crippen LogP contribution in [0.1, 0.15) is 32.2 Å². The van der Waals surface area contributed by atoms with Crippen LogP contribution in [-0.2, 0) is 4.79 Å². The number of nitrogens with one attached hydrogen (secondary N) is 1. The molecule has 2 fully saturated rings. The summed E-state index contributed by atoms with van der Waals surface area (Å²) in [5.74, 6) is 1.76. The predicted octanol–water partition coefficient (Wildman–Crippen LogP) is 0.836. The molecule has 9 heteroatoms. The number of hydrogen-bond donors (Lipinski definition) is 2. The summed E-state index contributed by atoms with van der Waals surface area (Å²) in [6.45, 7) is 3.93. The molecule has 3 heterocycles. The van der Waals surface area contributed by atoms with Gasteiger partial charge in [0.15, 0.2) is 0 Å². The van der Waals surface area contributed by atoms with Crippen LogP contribution in [0.3, 0.4) is 0 Å². The Morgan fingerprint density at radius 1 is 1.34 bits per heavy atom. The van der Waals surface area contributed by atoms with Gasteiger partial charge in [-0.15, -0.1) is 0 Å². The summed E-state index contributed by atoms with van der Waals surface area (Å²) >= 11 is 0. The third kappa shape index (κ3) is 4.19. The van der Waals surface area contributed by atoms with Crippen molar-refractivity contribution in [3.63, 3.8) is 0 Å². The molecule has 4 rings (SSSR count). The van der Waals surface area contributed by atoms with Crippen molar-refractivity contribution in [2.24, 2.45) is 5.92 Å². The number of carbonyl (C=O) groups is 1. The van der Waals surface area contributed by atoms with E-state index < -0.39 is 6.10 Å². The third-order valence-electron chi connectivity index (χ3n) is 6.09. The molecule has 2 aromatic heterocycles. The van der Waals surface area contributed by atoms with Gasteiger partial charge >= 0.3 is 0 Å². The number of carbonyl (C=O) groups excluding carboxylic acids is 1. The number of rotatable bonds is 7. The molecule has 2 aromatic rings. The first kappa shape index (κ1) is 19.6. The Labute approximate surface area is 170 Å². The molecule has 156 valence electrons. The van der Waals surface area contributed by atoms with Crippen molar-refractivity contribution in [1.29, 1.82) is 0 Å². The quantitative estimate of drug-likeness (QED) is 0.712. The average molecular weight is 399 g/mol. The molecule has 1 saturated carbocycles. The highest BCUT2D eigenvalue weighted by atomic mass is 16.3. The van der Waals surface area contributed by atoms with E-state index in [0.717, 1.165) is 31.0 Å². The molecular weight excluding hydrogens is 370 g/mol. The number of aliphatic hydroxyl groups is 1. The predicted molar refractivity (Wildman–Crippen MR) is 110 cm³/mol. The Morgan fingerprint density at radius 2 is 2.17 bits per heavy atom. The van der Waals surface area contributed by atoms with Crippen molar-refractivity contribution in [3.05, 3.63) is 30.9 Å². The fourth-order valence-electron chi connectivity index (χ4n) is 4.11. The first-order valence-electron chi connectivity index (χ1n) is 10.3. The van der Waals surface area contributed by atoms with E-state index in [-0.39, 0.29) is 17.9 Å². The normalized spacial score (nSPS) is 26.2. The third-order valence-corrected chi connectivity index (χ3v) is 6.09. The fraction of sp³-hybridized carbons (Fsp3) is 0.600. The van der Waals surface area contributed by atoms with Crippen LogP contribution in [0.25, 0.3) is 0 Å². The monoisotopic (exact) mass is 399 g/mol. The van der Waals surface area contributed by atoms with Crippen molar-refractivity contribution in [2.45, 2.75) is 44.4 Å². The van der Waals surface area contributed by atoms with Crippen LogP contribution in [0.4, 0.5) is 11.6 Å². The lowest BCUT2D eigenvalue weighted by molar-refractivity contribution is -0.128. The van der Waals surface area contributed by atoms with Crippen molar-refractivity contribution in [3.8, 4) is 0 Å². The van der Waals surface area contributed by atoms with Gasteiger partial charge in [0.05, 0.1) is 18.2 Å². The van der Waals surface area contributed by atoms with Gasteiger partial charge in [0.1, 0.15) is 18.0 Å². The molecule has 0 unspecified atom stereocenters. The van der Waals surface area contributed by atoms with Crippen LogP contribution >= 0.6 is 0 Å². The zero-order chi connectivity index (χ0) is 20.4. The maximum Gasteiger partial charge on any atom is 0.223 e. The van der Waals surface area contributed by atoms with Crippen LogP contribution in [0.2, 0.25) is 0 Å². The highest BCUT2D eigenvalue weighted by Crippen LogP contribution is 2.37. The molecule has 2 aliphatic rings. The number of amides is 1. The molecule has 0 spiro atoms. The van der Waals surface area contributed by atoms with Gasteiger partial charge < -0.3 is 20.2 Å². The Hall–Kier alpha value is -2.68. The molecule has 1 amide bonds. The van der Waals surface area contributed by atoms with Crippen LogP contribution in [0, 0.1) is 5.92 Å². The summed E-state index contributed by atoms with van der Waals surface area (Å²) in [6.07, 6.45) is 7.11. The molecule has 29 heavy (non-hydrogen) atoms. The second kappa shape index (κ2) is 8.36. The molecule has 1 saturated heterocycles. The minimum atomic E-state index is -0.424. The Balaban J connectivity index is 1.34. The average Bonchev–Trinajstić information content (AvgIpc) is 3.34. The van der Waals surface area contributed by atoms with Gasteiger partial charge in [-0.1, -0.05) is 0 Å². The first-order valence-corrected chi connectivity index (χ1v) is 10.3. The number of β-amino-alcohol motifs (C(OH)–C–C–N with tert-alkyl or cyclic N) is 1. The SMILES string of the molecule is CCN(C)c1cc(N2C[C@H](O)C[C@@H]2CNC(=O)C2CC(n3cccn3)C2)ncn1. The number of hydrogen-bond acceptors (Lipinski definition) is 7. The minimum Gasteiger partial charge on any atom is -0.391 e. The molecule has 0 radical (unpaired) electrons. The van der Waals surface area contributed by atoms with Crippen LogP contribution in [0.15, 0.2) is 30.9 Å². The van der Waals surface area contributed by atoms with E-state index >= 15 is 0 Å². The molecule has 9 nitrogen and oxygen atoms in total. The molecule has 0 bridgehead atoms. The summed E-state index contributed by atoms with van der Waals surface area (Å²) in [5, 5.41) is 17.5.